The first-order valence-corrected chi connectivity index (χ1v) is 5.47. The largest absolute Gasteiger partial charge is 0.392 e. The zero-order valence-electron chi connectivity index (χ0n) is 9.82. The molecule has 0 aliphatic heterocycles. The Kier molecular flexibility index (Phi) is 4.56. The summed E-state index contributed by atoms with van der Waals surface area (Å²) >= 11 is 0. The molecule has 0 fully saturated rings. The lowest BCUT2D eigenvalue weighted by atomic mass is 10.2. The highest BCUT2D eigenvalue weighted by atomic mass is 16.3. The van der Waals surface area contributed by atoms with Crippen LogP contribution in [0, 0.1) is 6.92 Å². The summed E-state index contributed by atoms with van der Waals surface area (Å²) in [5.41, 5.74) is 1.89. The second kappa shape index (κ2) is 5.71. The van der Waals surface area contributed by atoms with Gasteiger partial charge in [-0.25, -0.2) is 4.98 Å². The number of nitrogens with zero attached hydrogens (tertiary/aromatic N) is 2. The van der Waals surface area contributed by atoms with Crippen molar-refractivity contribution in [1.82, 2.24) is 4.98 Å². The minimum Gasteiger partial charge on any atom is -0.392 e. The van der Waals surface area contributed by atoms with Crippen molar-refractivity contribution in [2.75, 3.05) is 18.5 Å². The Morgan fingerprint density at radius 3 is 2.73 bits per heavy atom. The summed E-state index contributed by atoms with van der Waals surface area (Å²) in [4.78, 5) is 6.58. The van der Waals surface area contributed by atoms with E-state index in [0.717, 1.165) is 23.6 Å². The molecule has 0 saturated heterocycles. The number of anilines is 1. The fraction of sp³-hybridized carbons (Fsp3) is 0.583. The van der Waals surface area contributed by atoms with Gasteiger partial charge in [0.2, 0.25) is 0 Å². The quantitative estimate of drug-likeness (QED) is 0.805. The number of rotatable bonds is 5. The lowest BCUT2D eigenvalue weighted by Crippen LogP contribution is -2.20. The molecule has 3 nitrogen and oxygen atoms in total. The van der Waals surface area contributed by atoms with Gasteiger partial charge in [-0.2, -0.15) is 0 Å². The molecule has 0 amide bonds. The van der Waals surface area contributed by atoms with Crippen molar-refractivity contribution in [3.8, 4) is 0 Å². The van der Waals surface area contributed by atoms with E-state index in [4.69, 9.17) is 5.11 Å². The summed E-state index contributed by atoms with van der Waals surface area (Å²) in [5.74, 6) is 0.951. The van der Waals surface area contributed by atoms with Crippen molar-refractivity contribution >= 4 is 5.82 Å². The molecule has 0 saturated carbocycles. The van der Waals surface area contributed by atoms with Crippen LogP contribution < -0.4 is 4.90 Å². The lowest BCUT2D eigenvalue weighted by Gasteiger charge is -2.18. The van der Waals surface area contributed by atoms with E-state index >= 15 is 0 Å². The third kappa shape index (κ3) is 3.51. The maximum Gasteiger partial charge on any atom is 0.128 e. The Bertz CT molecular complexity index is 312. The van der Waals surface area contributed by atoms with Gasteiger partial charge in [0, 0.05) is 19.3 Å². The van der Waals surface area contributed by atoms with Crippen molar-refractivity contribution in [3.05, 3.63) is 23.4 Å². The summed E-state index contributed by atoms with van der Waals surface area (Å²) < 4.78 is 0. The molecule has 0 unspecified atom stereocenters. The Morgan fingerprint density at radius 1 is 1.40 bits per heavy atom. The molecule has 84 valence electrons. The maximum atomic E-state index is 9.10. The highest BCUT2D eigenvalue weighted by Gasteiger charge is 2.04. The van der Waals surface area contributed by atoms with Gasteiger partial charge >= 0.3 is 0 Å². The molecule has 0 radical (unpaired) electrons. The van der Waals surface area contributed by atoms with E-state index in [-0.39, 0.29) is 6.61 Å². The van der Waals surface area contributed by atoms with Gasteiger partial charge in [-0.05, 0) is 31.0 Å². The van der Waals surface area contributed by atoms with Crippen molar-refractivity contribution < 1.29 is 5.11 Å². The Balaban J connectivity index is 2.78. The van der Waals surface area contributed by atoms with Crippen LogP contribution in [0.25, 0.3) is 0 Å². The fourth-order valence-electron chi connectivity index (χ4n) is 1.52. The van der Waals surface area contributed by atoms with E-state index in [0.29, 0.717) is 0 Å². The second-order valence-corrected chi connectivity index (χ2v) is 3.91. The molecule has 3 heteroatoms. The van der Waals surface area contributed by atoms with E-state index in [2.05, 4.69) is 16.8 Å². The molecule has 0 atom stereocenters. The van der Waals surface area contributed by atoms with E-state index < -0.39 is 0 Å². The number of aliphatic hydroxyl groups is 1. The van der Waals surface area contributed by atoms with Gasteiger partial charge in [0.25, 0.3) is 0 Å². The van der Waals surface area contributed by atoms with E-state index in [9.17, 15) is 0 Å². The number of aryl methyl sites for hydroxylation is 1. The van der Waals surface area contributed by atoms with Gasteiger partial charge in [0.15, 0.2) is 0 Å². The number of unbranched alkanes of at least 4 members (excludes halogenated alkanes) is 1. The molecule has 0 aromatic carbocycles. The summed E-state index contributed by atoms with van der Waals surface area (Å²) in [6.45, 7) is 5.22. The highest BCUT2D eigenvalue weighted by molar-refractivity contribution is 5.41. The van der Waals surface area contributed by atoms with E-state index in [1.165, 1.54) is 12.8 Å². The monoisotopic (exact) mass is 208 g/mol. The molecule has 1 heterocycles. The van der Waals surface area contributed by atoms with Gasteiger partial charge in [-0.15, -0.1) is 0 Å². The van der Waals surface area contributed by atoms with E-state index in [1.807, 2.05) is 26.1 Å². The summed E-state index contributed by atoms with van der Waals surface area (Å²) in [5, 5.41) is 9.10. The molecular weight excluding hydrogens is 188 g/mol. The molecule has 1 N–H and O–H groups in total. The first-order chi connectivity index (χ1) is 7.17. The molecule has 0 aliphatic carbocycles. The number of pyridine rings is 1. The maximum absolute atomic E-state index is 9.10. The molecule has 0 bridgehead atoms. The van der Waals surface area contributed by atoms with Gasteiger partial charge in [-0.3, -0.25) is 0 Å². The number of aliphatic hydroxyl groups excluding tert-OH is 1. The topological polar surface area (TPSA) is 36.4 Å². The summed E-state index contributed by atoms with van der Waals surface area (Å²) in [6, 6.07) is 3.86. The third-order valence-corrected chi connectivity index (χ3v) is 2.42. The molecule has 0 aliphatic rings. The lowest BCUT2D eigenvalue weighted by molar-refractivity contribution is 0.281. The molecule has 1 rings (SSSR count). The van der Waals surface area contributed by atoms with Crippen LogP contribution in [0.3, 0.4) is 0 Å². The van der Waals surface area contributed by atoms with Crippen molar-refractivity contribution in [1.29, 1.82) is 0 Å². The van der Waals surface area contributed by atoms with Gasteiger partial charge < -0.3 is 10.0 Å². The van der Waals surface area contributed by atoms with Crippen LogP contribution in [0.15, 0.2) is 12.1 Å². The Morgan fingerprint density at radius 2 is 2.13 bits per heavy atom. The minimum atomic E-state index is 0.0813. The van der Waals surface area contributed by atoms with Crippen LogP contribution >= 0.6 is 0 Å². The van der Waals surface area contributed by atoms with E-state index in [1.54, 1.807) is 0 Å². The highest BCUT2D eigenvalue weighted by Crippen LogP contribution is 2.14. The molecule has 1 aromatic heterocycles. The van der Waals surface area contributed by atoms with Crippen molar-refractivity contribution in [3.63, 3.8) is 0 Å². The van der Waals surface area contributed by atoms with Crippen LogP contribution in [0.4, 0.5) is 5.82 Å². The SMILES string of the molecule is CCCCN(C)c1cc(CO)cc(C)n1. The van der Waals surface area contributed by atoms with Crippen LogP contribution in [-0.4, -0.2) is 23.7 Å². The van der Waals surface area contributed by atoms with Crippen LogP contribution in [0.5, 0.6) is 0 Å². The Hall–Kier alpha value is -1.09. The predicted molar refractivity (Wildman–Crippen MR) is 63.1 cm³/mol. The molecule has 0 spiro atoms. The smallest absolute Gasteiger partial charge is 0.128 e. The molecular formula is C12H20N2O. The van der Waals surface area contributed by atoms with Gasteiger partial charge in [-0.1, -0.05) is 13.3 Å². The van der Waals surface area contributed by atoms with Crippen LogP contribution in [0.2, 0.25) is 0 Å². The minimum absolute atomic E-state index is 0.0813. The van der Waals surface area contributed by atoms with Crippen LogP contribution in [-0.2, 0) is 6.61 Å². The summed E-state index contributed by atoms with van der Waals surface area (Å²) in [6.07, 6.45) is 2.35. The van der Waals surface area contributed by atoms with Gasteiger partial charge in [0.1, 0.15) is 5.82 Å². The molecule has 1 aromatic rings. The predicted octanol–water partition coefficient (Wildman–Crippen LogP) is 2.12. The average molecular weight is 208 g/mol. The summed E-state index contributed by atoms with van der Waals surface area (Å²) in [7, 11) is 2.04. The Labute approximate surface area is 91.8 Å². The number of hydrogen-bond donors (Lipinski definition) is 1. The zero-order chi connectivity index (χ0) is 11.3. The first-order valence-electron chi connectivity index (χ1n) is 5.47. The normalized spacial score (nSPS) is 10.4. The number of hydrogen-bond acceptors (Lipinski definition) is 3. The second-order valence-electron chi connectivity index (χ2n) is 3.91. The third-order valence-electron chi connectivity index (χ3n) is 2.42. The fourth-order valence-corrected chi connectivity index (χ4v) is 1.52. The van der Waals surface area contributed by atoms with Crippen molar-refractivity contribution in [2.24, 2.45) is 0 Å². The standard InChI is InChI=1S/C12H20N2O/c1-4-5-6-14(3)12-8-11(9-15)7-10(2)13-12/h7-8,15H,4-6,9H2,1-3H3. The zero-order valence-corrected chi connectivity index (χ0v) is 9.82. The van der Waals surface area contributed by atoms with Crippen molar-refractivity contribution in [2.45, 2.75) is 33.3 Å². The van der Waals surface area contributed by atoms with Gasteiger partial charge in [0.05, 0.1) is 6.61 Å². The average Bonchev–Trinajstić information content (AvgIpc) is 2.24. The molecule has 15 heavy (non-hydrogen) atoms. The van der Waals surface area contributed by atoms with Crippen LogP contribution in [0.1, 0.15) is 31.0 Å². The first kappa shape index (κ1) is 12.0. The number of aromatic nitrogens is 1.